The Hall–Kier alpha value is -1.46. The Bertz CT molecular complexity index is 325. The predicted octanol–water partition coefficient (Wildman–Crippen LogP) is 1.08. The zero-order valence-corrected chi connectivity index (χ0v) is 9.19. The summed E-state index contributed by atoms with van der Waals surface area (Å²) in [5.74, 6) is 0. The van der Waals surface area contributed by atoms with E-state index in [1.807, 2.05) is 0 Å². The zero-order chi connectivity index (χ0) is 11.8. The largest absolute Gasteiger partial charge is 0.330 e. The van der Waals surface area contributed by atoms with Crippen LogP contribution in [0.4, 0.5) is 5.69 Å². The van der Waals surface area contributed by atoms with Crippen molar-refractivity contribution in [2.45, 2.75) is 12.8 Å². The van der Waals surface area contributed by atoms with Gasteiger partial charge in [-0.05, 0) is 38.0 Å². The fraction of sp³-hybridized carbons (Fsp3) is 0.455. The van der Waals surface area contributed by atoms with Crippen molar-refractivity contribution in [1.29, 1.82) is 0 Å². The van der Waals surface area contributed by atoms with E-state index in [2.05, 4.69) is 5.32 Å². The van der Waals surface area contributed by atoms with E-state index in [4.69, 9.17) is 5.73 Å². The van der Waals surface area contributed by atoms with Crippen LogP contribution < -0.4 is 11.1 Å². The van der Waals surface area contributed by atoms with E-state index in [9.17, 15) is 10.1 Å². The van der Waals surface area contributed by atoms with E-state index in [1.165, 1.54) is 12.1 Å². The molecule has 0 spiro atoms. The third-order valence-electron chi connectivity index (χ3n) is 2.30. The molecule has 0 unspecified atom stereocenters. The lowest BCUT2D eigenvalue weighted by atomic mass is 10.1. The summed E-state index contributed by atoms with van der Waals surface area (Å²) in [5.41, 5.74) is 6.60. The molecule has 1 aromatic rings. The smallest absolute Gasteiger partial charge is 0.269 e. The number of hydrogen-bond donors (Lipinski definition) is 2. The van der Waals surface area contributed by atoms with Gasteiger partial charge in [0.2, 0.25) is 0 Å². The van der Waals surface area contributed by atoms with Crippen LogP contribution >= 0.6 is 0 Å². The van der Waals surface area contributed by atoms with Crippen LogP contribution in [0.5, 0.6) is 0 Å². The van der Waals surface area contributed by atoms with Crippen molar-refractivity contribution in [1.82, 2.24) is 5.32 Å². The summed E-state index contributed by atoms with van der Waals surface area (Å²) in [6.45, 7) is 2.49. The molecule has 88 valence electrons. The average Bonchev–Trinajstić information content (AvgIpc) is 2.29. The molecule has 0 aliphatic heterocycles. The standard InChI is InChI=1S/C11H17N3O2/c12-7-1-8-13-9-6-10-2-4-11(5-3-10)14(15)16/h2-5,13H,1,6-9,12H2. The number of benzene rings is 1. The third-order valence-corrected chi connectivity index (χ3v) is 2.30. The molecule has 0 heterocycles. The fourth-order valence-corrected chi connectivity index (χ4v) is 1.37. The third kappa shape index (κ3) is 4.37. The second-order valence-corrected chi connectivity index (χ2v) is 3.57. The number of rotatable bonds is 7. The number of nitrogens with two attached hydrogens (primary N) is 1. The van der Waals surface area contributed by atoms with Gasteiger partial charge in [0.1, 0.15) is 0 Å². The van der Waals surface area contributed by atoms with E-state index >= 15 is 0 Å². The molecular weight excluding hydrogens is 206 g/mol. The topological polar surface area (TPSA) is 81.2 Å². The molecule has 0 amide bonds. The molecular formula is C11H17N3O2. The highest BCUT2D eigenvalue weighted by Gasteiger charge is 2.03. The number of hydrogen-bond acceptors (Lipinski definition) is 4. The summed E-state index contributed by atoms with van der Waals surface area (Å²) in [6, 6.07) is 6.66. The second-order valence-electron chi connectivity index (χ2n) is 3.57. The minimum atomic E-state index is -0.386. The quantitative estimate of drug-likeness (QED) is 0.411. The highest BCUT2D eigenvalue weighted by atomic mass is 16.6. The van der Waals surface area contributed by atoms with Gasteiger partial charge in [-0.3, -0.25) is 10.1 Å². The van der Waals surface area contributed by atoms with Gasteiger partial charge in [0, 0.05) is 12.1 Å². The summed E-state index contributed by atoms with van der Waals surface area (Å²) in [5, 5.41) is 13.7. The van der Waals surface area contributed by atoms with Gasteiger partial charge >= 0.3 is 0 Å². The maximum absolute atomic E-state index is 10.4. The molecule has 0 aliphatic carbocycles. The Kier molecular flexibility index (Phi) is 5.45. The molecule has 0 saturated heterocycles. The maximum atomic E-state index is 10.4. The molecule has 1 rings (SSSR count). The highest BCUT2D eigenvalue weighted by molar-refractivity contribution is 5.32. The lowest BCUT2D eigenvalue weighted by Gasteiger charge is -2.03. The number of nitrogens with one attached hydrogen (secondary N) is 1. The molecule has 0 fully saturated rings. The Labute approximate surface area is 94.8 Å². The summed E-state index contributed by atoms with van der Waals surface area (Å²) >= 11 is 0. The first kappa shape index (κ1) is 12.6. The van der Waals surface area contributed by atoms with Crippen molar-refractivity contribution in [2.24, 2.45) is 5.73 Å². The first-order valence-corrected chi connectivity index (χ1v) is 5.38. The van der Waals surface area contributed by atoms with Gasteiger partial charge in [-0.25, -0.2) is 0 Å². The van der Waals surface area contributed by atoms with Crippen molar-refractivity contribution in [2.75, 3.05) is 19.6 Å². The van der Waals surface area contributed by atoms with Gasteiger partial charge in [0.05, 0.1) is 4.92 Å². The van der Waals surface area contributed by atoms with E-state index in [0.29, 0.717) is 6.54 Å². The van der Waals surface area contributed by atoms with Crippen molar-refractivity contribution in [3.8, 4) is 0 Å². The van der Waals surface area contributed by atoms with E-state index < -0.39 is 0 Å². The van der Waals surface area contributed by atoms with Crippen LogP contribution in [-0.4, -0.2) is 24.6 Å². The molecule has 0 aliphatic rings. The SMILES string of the molecule is NCCCNCCc1ccc([N+](=O)[O-])cc1. The second kappa shape index (κ2) is 6.92. The van der Waals surface area contributed by atoms with Crippen molar-refractivity contribution < 1.29 is 4.92 Å². The zero-order valence-electron chi connectivity index (χ0n) is 9.19. The summed E-state index contributed by atoms with van der Waals surface area (Å²) in [7, 11) is 0. The van der Waals surface area contributed by atoms with Crippen LogP contribution in [0.2, 0.25) is 0 Å². The molecule has 0 saturated carbocycles. The van der Waals surface area contributed by atoms with Gasteiger partial charge in [0.15, 0.2) is 0 Å². The summed E-state index contributed by atoms with van der Waals surface area (Å²) in [6.07, 6.45) is 1.85. The van der Waals surface area contributed by atoms with Crippen LogP contribution in [0.15, 0.2) is 24.3 Å². The number of nitrogens with zero attached hydrogens (tertiary/aromatic N) is 1. The minimum absolute atomic E-state index is 0.139. The predicted molar refractivity (Wildman–Crippen MR) is 63.3 cm³/mol. The molecule has 5 heteroatoms. The van der Waals surface area contributed by atoms with Crippen molar-refractivity contribution >= 4 is 5.69 Å². The van der Waals surface area contributed by atoms with Crippen LogP contribution in [0, 0.1) is 10.1 Å². The Balaban J connectivity index is 2.29. The average molecular weight is 223 g/mol. The summed E-state index contributed by atoms with van der Waals surface area (Å²) < 4.78 is 0. The van der Waals surface area contributed by atoms with Crippen molar-refractivity contribution in [3.05, 3.63) is 39.9 Å². The normalized spacial score (nSPS) is 10.3. The number of nitro groups is 1. The van der Waals surface area contributed by atoms with Crippen LogP contribution in [0.1, 0.15) is 12.0 Å². The van der Waals surface area contributed by atoms with E-state index in [0.717, 1.165) is 31.5 Å². The monoisotopic (exact) mass is 223 g/mol. The van der Waals surface area contributed by atoms with Crippen LogP contribution in [-0.2, 0) is 6.42 Å². The highest BCUT2D eigenvalue weighted by Crippen LogP contribution is 2.11. The van der Waals surface area contributed by atoms with E-state index in [-0.39, 0.29) is 10.6 Å². The molecule has 0 aromatic heterocycles. The van der Waals surface area contributed by atoms with Crippen molar-refractivity contribution in [3.63, 3.8) is 0 Å². The molecule has 5 nitrogen and oxygen atoms in total. The first-order valence-electron chi connectivity index (χ1n) is 5.38. The molecule has 16 heavy (non-hydrogen) atoms. The fourth-order valence-electron chi connectivity index (χ4n) is 1.37. The van der Waals surface area contributed by atoms with Crippen LogP contribution in [0.3, 0.4) is 0 Å². The molecule has 0 bridgehead atoms. The lowest BCUT2D eigenvalue weighted by Crippen LogP contribution is -2.20. The Morgan fingerprint density at radius 3 is 2.50 bits per heavy atom. The summed E-state index contributed by atoms with van der Waals surface area (Å²) in [4.78, 5) is 10.0. The number of non-ortho nitro benzene ring substituents is 1. The lowest BCUT2D eigenvalue weighted by molar-refractivity contribution is -0.384. The van der Waals surface area contributed by atoms with Gasteiger partial charge in [-0.2, -0.15) is 0 Å². The minimum Gasteiger partial charge on any atom is -0.330 e. The Morgan fingerprint density at radius 1 is 1.25 bits per heavy atom. The first-order chi connectivity index (χ1) is 7.74. The molecule has 3 N–H and O–H groups in total. The van der Waals surface area contributed by atoms with Gasteiger partial charge < -0.3 is 11.1 Å². The molecule has 0 atom stereocenters. The van der Waals surface area contributed by atoms with Crippen LogP contribution in [0.25, 0.3) is 0 Å². The van der Waals surface area contributed by atoms with Gasteiger partial charge in [-0.1, -0.05) is 12.1 Å². The van der Waals surface area contributed by atoms with Gasteiger partial charge in [0.25, 0.3) is 5.69 Å². The molecule has 1 aromatic carbocycles. The Morgan fingerprint density at radius 2 is 1.94 bits per heavy atom. The number of nitro benzene ring substituents is 1. The maximum Gasteiger partial charge on any atom is 0.269 e. The van der Waals surface area contributed by atoms with Gasteiger partial charge in [-0.15, -0.1) is 0 Å². The molecule has 0 radical (unpaired) electrons. The van der Waals surface area contributed by atoms with E-state index in [1.54, 1.807) is 12.1 Å².